The molecule has 2 saturated heterocycles. The van der Waals surface area contributed by atoms with Crippen LogP contribution in [0.1, 0.15) is 12.8 Å². The van der Waals surface area contributed by atoms with Crippen molar-refractivity contribution in [2.45, 2.75) is 24.7 Å². The maximum Gasteiger partial charge on any atom is 0.186 e. The van der Waals surface area contributed by atoms with Gasteiger partial charge in [0.05, 0.1) is 26.0 Å². The van der Waals surface area contributed by atoms with Crippen molar-refractivity contribution in [1.29, 1.82) is 0 Å². The average molecular weight is 239 g/mol. The van der Waals surface area contributed by atoms with Crippen LogP contribution in [0.25, 0.3) is 0 Å². The van der Waals surface area contributed by atoms with Gasteiger partial charge in [-0.05, 0) is 6.42 Å². The summed E-state index contributed by atoms with van der Waals surface area (Å²) < 4.78 is 11.4. The molecule has 0 amide bonds. The first-order valence-electron chi connectivity index (χ1n) is 5.98. The Kier molecular flexibility index (Phi) is 2.78. The molecule has 0 aliphatic carbocycles. The van der Waals surface area contributed by atoms with Crippen molar-refractivity contribution >= 4 is 5.82 Å². The number of anilines is 1. The van der Waals surface area contributed by atoms with Crippen LogP contribution in [0.4, 0.5) is 5.82 Å². The number of rotatable bonds is 1. The first-order chi connectivity index (χ1) is 8.27. The van der Waals surface area contributed by atoms with Gasteiger partial charge < -0.3 is 19.5 Å². The normalized spacial score (nSPS) is 34.2. The van der Waals surface area contributed by atoms with E-state index in [1.54, 1.807) is 6.20 Å². The summed E-state index contributed by atoms with van der Waals surface area (Å²) in [5.74, 6) is 0.435. The third-order valence-electron chi connectivity index (χ3n) is 3.32. The third-order valence-corrected chi connectivity index (χ3v) is 3.32. The van der Waals surface area contributed by atoms with Crippen LogP contribution in [-0.2, 0) is 9.47 Å². The van der Waals surface area contributed by atoms with Gasteiger partial charge in [0.1, 0.15) is 11.9 Å². The highest BCUT2D eigenvalue weighted by Crippen LogP contribution is 2.31. The van der Waals surface area contributed by atoms with E-state index in [0.717, 1.165) is 25.2 Å². The second-order valence-corrected chi connectivity index (χ2v) is 4.65. The van der Waals surface area contributed by atoms with Gasteiger partial charge in [0.15, 0.2) is 5.79 Å². The van der Waals surface area contributed by atoms with Gasteiger partial charge in [-0.25, -0.2) is 0 Å². The lowest BCUT2D eigenvalue weighted by atomic mass is 10.0. The van der Waals surface area contributed by atoms with E-state index in [9.17, 15) is 5.11 Å². The van der Waals surface area contributed by atoms with Crippen LogP contribution in [0.5, 0.6) is 0 Å². The Bertz CT molecular complexity index is 360. The largest absolute Gasteiger partial charge is 0.388 e. The van der Waals surface area contributed by atoms with E-state index in [2.05, 4.69) is 15.1 Å². The summed E-state index contributed by atoms with van der Waals surface area (Å²) in [6.07, 6.45) is 3.13. The Morgan fingerprint density at radius 3 is 3.00 bits per heavy atom. The van der Waals surface area contributed by atoms with Crippen molar-refractivity contribution in [3.63, 3.8) is 0 Å². The minimum atomic E-state index is -0.553. The Labute approximate surface area is 99.5 Å². The summed E-state index contributed by atoms with van der Waals surface area (Å²) in [6.45, 7) is 2.37. The minimum Gasteiger partial charge on any atom is -0.388 e. The predicted molar refractivity (Wildman–Crippen MR) is 60.7 cm³/mol. The van der Waals surface area contributed by atoms with Crippen LogP contribution >= 0.6 is 0 Å². The van der Waals surface area contributed by atoms with Gasteiger partial charge in [-0.1, -0.05) is 0 Å². The minimum absolute atomic E-state index is 0.358. The number of nitrogens with one attached hydrogen (secondary N) is 1. The number of ether oxygens (including phenoxy) is 2. The fourth-order valence-electron chi connectivity index (χ4n) is 2.44. The first-order valence-corrected chi connectivity index (χ1v) is 5.98. The van der Waals surface area contributed by atoms with E-state index in [1.165, 1.54) is 0 Å². The van der Waals surface area contributed by atoms with E-state index >= 15 is 0 Å². The summed E-state index contributed by atoms with van der Waals surface area (Å²) >= 11 is 0. The van der Waals surface area contributed by atoms with Gasteiger partial charge in [0.2, 0.25) is 0 Å². The van der Waals surface area contributed by atoms with E-state index in [1.807, 2.05) is 6.07 Å². The molecular weight excluding hydrogens is 222 g/mol. The number of nitrogens with zero attached hydrogens (tertiary/aromatic N) is 2. The molecule has 1 spiro atoms. The van der Waals surface area contributed by atoms with Gasteiger partial charge in [-0.2, -0.15) is 5.10 Å². The fourth-order valence-corrected chi connectivity index (χ4v) is 2.44. The van der Waals surface area contributed by atoms with Crippen molar-refractivity contribution in [2.75, 3.05) is 31.2 Å². The van der Waals surface area contributed by atoms with E-state index < -0.39 is 11.9 Å². The van der Waals surface area contributed by atoms with Gasteiger partial charge in [-0.3, -0.25) is 5.10 Å². The van der Waals surface area contributed by atoms with Crippen LogP contribution in [-0.4, -0.2) is 53.5 Å². The Morgan fingerprint density at radius 1 is 1.47 bits per heavy atom. The van der Waals surface area contributed by atoms with Gasteiger partial charge in [0, 0.05) is 19.0 Å². The average Bonchev–Trinajstić information content (AvgIpc) is 2.88. The zero-order valence-corrected chi connectivity index (χ0v) is 9.63. The van der Waals surface area contributed by atoms with Gasteiger partial charge in [0.25, 0.3) is 0 Å². The molecule has 1 aromatic heterocycles. The maximum absolute atomic E-state index is 9.39. The number of hydrogen-bond acceptors (Lipinski definition) is 5. The van der Waals surface area contributed by atoms with Crippen LogP contribution in [0.2, 0.25) is 0 Å². The molecule has 0 aromatic carbocycles. The molecule has 0 unspecified atom stereocenters. The topological polar surface area (TPSA) is 70.6 Å². The highest BCUT2D eigenvalue weighted by molar-refractivity contribution is 5.37. The molecule has 0 bridgehead atoms. The highest BCUT2D eigenvalue weighted by Gasteiger charge is 2.41. The Balaban J connectivity index is 1.71. The van der Waals surface area contributed by atoms with Crippen molar-refractivity contribution < 1.29 is 14.6 Å². The molecule has 0 radical (unpaired) electrons. The predicted octanol–water partition coefficient (Wildman–Crippen LogP) is 0.114. The maximum atomic E-state index is 9.39. The molecule has 0 saturated carbocycles. The van der Waals surface area contributed by atoms with Crippen molar-refractivity contribution in [3.8, 4) is 0 Å². The standard InChI is InChI=1S/C11H17N3O3/c15-9-6-16-11(17-7-9)3-1-5-14(8-11)10-2-4-12-13-10/h2,4,9,15H,1,3,5-8H2,(H,12,13). The first kappa shape index (κ1) is 11.0. The molecule has 2 N–H and O–H groups in total. The summed E-state index contributed by atoms with van der Waals surface area (Å²) in [5, 5.41) is 16.3. The number of H-pyrrole nitrogens is 1. The molecule has 6 heteroatoms. The van der Waals surface area contributed by atoms with E-state index in [-0.39, 0.29) is 0 Å². The second kappa shape index (κ2) is 4.29. The molecule has 1 aromatic rings. The summed E-state index contributed by atoms with van der Waals surface area (Å²) in [4.78, 5) is 2.17. The molecular formula is C11H17N3O3. The quantitative estimate of drug-likeness (QED) is 0.728. The Morgan fingerprint density at radius 2 is 2.29 bits per heavy atom. The molecule has 6 nitrogen and oxygen atoms in total. The second-order valence-electron chi connectivity index (χ2n) is 4.65. The van der Waals surface area contributed by atoms with E-state index in [0.29, 0.717) is 19.8 Å². The lowest BCUT2D eigenvalue weighted by molar-refractivity contribution is -0.293. The van der Waals surface area contributed by atoms with Crippen molar-refractivity contribution in [3.05, 3.63) is 12.3 Å². The third kappa shape index (κ3) is 2.15. The SMILES string of the molecule is OC1COC2(CCCN(c3ccn[nH]3)C2)OC1. The smallest absolute Gasteiger partial charge is 0.186 e. The van der Waals surface area contributed by atoms with Crippen LogP contribution in [0, 0.1) is 0 Å². The number of aromatic amines is 1. The molecule has 2 aliphatic rings. The van der Waals surface area contributed by atoms with Crippen LogP contribution < -0.4 is 4.90 Å². The molecule has 0 atom stereocenters. The Hall–Kier alpha value is -1.11. The van der Waals surface area contributed by atoms with Crippen molar-refractivity contribution in [2.24, 2.45) is 0 Å². The molecule has 94 valence electrons. The highest BCUT2D eigenvalue weighted by atomic mass is 16.7. The molecule has 2 aliphatic heterocycles. The molecule has 3 heterocycles. The van der Waals surface area contributed by atoms with Gasteiger partial charge >= 0.3 is 0 Å². The number of hydrogen-bond donors (Lipinski definition) is 2. The number of piperidine rings is 1. The zero-order valence-electron chi connectivity index (χ0n) is 9.63. The van der Waals surface area contributed by atoms with Crippen molar-refractivity contribution in [1.82, 2.24) is 10.2 Å². The van der Waals surface area contributed by atoms with Crippen LogP contribution in [0.15, 0.2) is 12.3 Å². The molecule has 2 fully saturated rings. The monoisotopic (exact) mass is 239 g/mol. The zero-order chi connectivity index (χ0) is 11.7. The number of aliphatic hydroxyl groups is 1. The molecule has 3 rings (SSSR count). The van der Waals surface area contributed by atoms with Gasteiger partial charge in [-0.15, -0.1) is 0 Å². The van der Waals surface area contributed by atoms with E-state index in [4.69, 9.17) is 9.47 Å². The summed E-state index contributed by atoms with van der Waals surface area (Å²) in [7, 11) is 0. The summed E-state index contributed by atoms with van der Waals surface area (Å²) in [5.41, 5.74) is 0. The lowest BCUT2D eigenvalue weighted by Crippen LogP contribution is -2.56. The lowest BCUT2D eigenvalue weighted by Gasteiger charge is -2.45. The van der Waals surface area contributed by atoms with Crippen LogP contribution in [0.3, 0.4) is 0 Å². The summed E-state index contributed by atoms with van der Waals surface area (Å²) in [6, 6.07) is 1.94. The fraction of sp³-hybridized carbons (Fsp3) is 0.727. The molecule has 17 heavy (non-hydrogen) atoms. The number of aliphatic hydroxyl groups excluding tert-OH is 1. The number of aromatic nitrogens is 2.